The van der Waals surface area contributed by atoms with Gasteiger partial charge >= 0.3 is 17.9 Å². The van der Waals surface area contributed by atoms with Gasteiger partial charge in [-0.2, -0.15) is 0 Å². The summed E-state index contributed by atoms with van der Waals surface area (Å²) in [6, 6.07) is 5.54. The maximum atomic E-state index is 13.9. The lowest BCUT2D eigenvalue weighted by Gasteiger charge is -2.40. The number of aliphatic hydroxyl groups excluding tert-OH is 6. The van der Waals surface area contributed by atoms with Gasteiger partial charge in [0.1, 0.15) is 42.7 Å². The molecule has 2 aromatic carbocycles. The number of aliphatic carboxylic acids is 2. The number of carboxylic acids is 2. The molecule has 0 bridgehead atoms. The van der Waals surface area contributed by atoms with Gasteiger partial charge in [0.15, 0.2) is 23.0 Å². The topological polar surface area (TPSA) is 301 Å². The maximum absolute atomic E-state index is 13.9. The Morgan fingerprint density at radius 2 is 1.54 bits per heavy atom. The number of phenolic OH excluding ortho intramolecular Hbond substituents is 3. The SMILES string of the molecule is O=C(O)C1=CC(O)C(O)C(OC(=O)C2C(C(=O)O)=Cc3cc(O)c(OC4OC(CO)C(O)C(O)C4O)cc3C2c2ccc(O)c(O)c2)C1. The number of ether oxygens (including phenoxy) is 3. The second-order valence-electron chi connectivity index (χ2n) is 11.5. The van der Waals surface area contributed by atoms with Gasteiger partial charge in [0.25, 0.3) is 0 Å². The van der Waals surface area contributed by atoms with E-state index in [0.717, 1.165) is 36.4 Å². The zero-order valence-corrected chi connectivity index (χ0v) is 24.6. The van der Waals surface area contributed by atoms with Gasteiger partial charge in [-0.15, -0.1) is 0 Å². The molecule has 2 aliphatic carbocycles. The Morgan fingerprint density at radius 1 is 0.833 bits per heavy atom. The zero-order chi connectivity index (χ0) is 35.2. The Bertz CT molecular complexity index is 1660. The predicted molar refractivity (Wildman–Crippen MR) is 155 cm³/mol. The third-order valence-electron chi connectivity index (χ3n) is 8.50. The molecule has 11 N–H and O–H groups in total. The molecule has 0 amide bonds. The lowest BCUT2D eigenvalue weighted by molar-refractivity contribution is -0.277. The summed E-state index contributed by atoms with van der Waals surface area (Å²) in [7, 11) is 0. The highest BCUT2D eigenvalue weighted by molar-refractivity contribution is 6.01. The van der Waals surface area contributed by atoms with E-state index in [1.807, 2.05) is 0 Å². The molecule has 5 rings (SSSR count). The van der Waals surface area contributed by atoms with Crippen molar-refractivity contribution in [3.05, 3.63) is 64.2 Å². The molecule has 17 nitrogen and oxygen atoms in total. The van der Waals surface area contributed by atoms with Gasteiger partial charge in [0.05, 0.1) is 18.1 Å². The van der Waals surface area contributed by atoms with Gasteiger partial charge in [0, 0.05) is 17.9 Å². The molecule has 0 radical (unpaired) electrons. The molecular weight excluding hydrogens is 644 g/mol. The zero-order valence-electron chi connectivity index (χ0n) is 24.6. The first kappa shape index (κ1) is 34.6. The van der Waals surface area contributed by atoms with Crippen LogP contribution < -0.4 is 4.74 Å². The summed E-state index contributed by atoms with van der Waals surface area (Å²) in [5.41, 5.74) is -0.859. The first-order valence-electron chi connectivity index (χ1n) is 14.4. The van der Waals surface area contributed by atoms with Crippen LogP contribution in [-0.2, 0) is 23.9 Å². The van der Waals surface area contributed by atoms with Crippen LogP contribution in [0.2, 0.25) is 0 Å². The summed E-state index contributed by atoms with van der Waals surface area (Å²) < 4.78 is 16.4. The molecule has 2 aromatic rings. The van der Waals surface area contributed by atoms with Crippen LogP contribution in [0.4, 0.5) is 0 Å². The Hall–Kier alpha value is -4.75. The molecule has 17 heteroatoms. The number of aliphatic hydroxyl groups is 6. The number of phenols is 3. The van der Waals surface area contributed by atoms with Crippen molar-refractivity contribution in [3.8, 4) is 23.0 Å². The minimum Gasteiger partial charge on any atom is -0.504 e. The number of fused-ring (bicyclic) bond motifs is 1. The predicted octanol–water partition coefficient (Wildman–Crippen LogP) is -1.74. The molecule has 1 heterocycles. The summed E-state index contributed by atoms with van der Waals surface area (Å²) in [5.74, 6) is -9.87. The van der Waals surface area contributed by atoms with Gasteiger partial charge in [-0.3, -0.25) is 4.79 Å². The first-order chi connectivity index (χ1) is 22.6. The number of hydrogen-bond donors (Lipinski definition) is 11. The Morgan fingerprint density at radius 3 is 2.17 bits per heavy atom. The minimum absolute atomic E-state index is 0.0249. The quantitative estimate of drug-likeness (QED) is 0.109. The highest BCUT2D eigenvalue weighted by Gasteiger charge is 2.47. The standard InChI is InChI=1S/C31H32O17/c32-9-21-25(38)26(39)27(40)31(48-21)47-19-8-13-11(5-17(19)35)3-14(29(43)44)23(22(13)10-1-2-15(33)16(34)4-10)30(45)46-20-7-12(28(41)42)6-18(36)24(20)37/h1-6,8,18,20-27,31-40H,7,9H2,(H,41,42)(H,43,44). The average molecular weight is 677 g/mol. The van der Waals surface area contributed by atoms with Crippen molar-refractivity contribution in [2.24, 2.45) is 5.92 Å². The van der Waals surface area contributed by atoms with Crippen molar-refractivity contribution < 1.29 is 84.8 Å². The van der Waals surface area contributed by atoms with Crippen LogP contribution in [0, 0.1) is 5.92 Å². The first-order valence-corrected chi connectivity index (χ1v) is 14.4. The van der Waals surface area contributed by atoms with E-state index in [2.05, 4.69) is 0 Å². The summed E-state index contributed by atoms with van der Waals surface area (Å²) in [6.45, 7) is -0.781. The van der Waals surface area contributed by atoms with Gasteiger partial charge in [0.2, 0.25) is 6.29 Å². The van der Waals surface area contributed by atoms with E-state index in [-0.39, 0.29) is 22.3 Å². The van der Waals surface area contributed by atoms with E-state index in [0.29, 0.717) is 0 Å². The van der Waals surface area contributed by atoms with Crippen LogP contribution in [0.1, 0.15) is 29.0 Å². The van der Waals surface area contributed by atoms with E-state index in [1.54, 1.807) is 0 Å². The summed E-state index contributed by atoms with van der Waals surface area (Å²) in [4.78, 5) is 38.0. The van der Waals surface area contributed by atoms with Crippen LogP contribution >= 0.6 is 0 Å². The van der Waals surface area contributed by atoms with Crippen LogP contribution in [0.3, 0.4) is 0 Å². The van der Waals surface area contributed by atoms with Crippen LogP contribution in [-0.4, -0.2) is 130 Å². The van der Waals surface area contributed by atoms with Crippen molar-refractivity contribution in [1.82, 2.24) is 0 Å². The largest absolute Gasteiger partial charge is 0.504 e. The number of aromatic hydroxyl groups is 3. The third-order valence-corrected chi connectivity index (χ3v) is 8.50. The van der Waals surface area contributed by atoms with Crippen LogP contribution in [0.15, 0.2) is 47.6 Å². The molecule has 0 aromatic heterocycles. The number of esters is 1. The van der Waals surface area contributed by atoms with E-state index in [4.69, 9.17) is 14.2 Å². The van der Waals surface area contributed by atoms with Gasteiger partial charge < -0.3 is 70.4 Å². The molecule has 258 valence electrons. The summed E-state index contributed by atoms with van der Waals surface area (Å²) >= 11 is 0. The van der Waals surface area contributed by atoms with Crippen molar-refractivity contribution in [1.29, 1.82) is 0 Å². The fourth-order valence-corrected chi connectivity index (χ4v) is 5.98. The number of rotatable bonds is 8. The van der Waals surface area contributed by atoms with E-state index >= 15 is 0 Å². The van der Waals surface area contributed by atoms with Crippen molar-refractivity contribution >= 4 is 24.0 Å². The normalized spacial score (nSPS) is 31.5. The molecule has 1 fully saturated rings. The molecule has 1 aliphatic heterocycles. The Labute approximate surface area is 270 Å². The number of hydrogen-bond acceptors (Lipinski definition) is 15. The molecule has 0 spiro atoms. The lowest BCUT2D eigenvalue weighted by atomic mass is 9.71. The van der Waals surface area contributed by atoms with Gasteiger partial charge in [-0.05, 0) is 53.1 Å². The van der Waals surface area contributed by atoms with E-state index in [9.17, 15) is 70.6 Å². The highest BCUT2D eigenvalue weighted by atomic mass is 16.7. The molecular formula is C31H32O17. The Kier molecular flexibility index (Phi) is 9.65. The maximum Gasteiger partial charge on any atom is 0.332 e. The second kappa shape index (κ2) is 13.4. The molecule has 1 saturated heterocycles. The Balaban J connectivity index is 1.60. The van der Waals surface area contributed by atoms with Gasteiger partial charge in [-0.25, -0.2) is 9.59 Å². The number of carbonyl (C=O) groups is 3. The van der Waals surface area contributed by atoms with Crippen LogP contribution in [0.5, 0.6) is 23.0 Å². The number of carbonyl (C=O) groups excluding carboxylic acids is 1. The fourth-order valence-electron chi connectivity index (χ4n) is 5.98. The number of carboxylic acid groups (broad SMARTS) is 2. The monoisotopic (exact) mass is 676 g/mol. The van der Waals surface area contributed by atoms with Crippen molar-refractivity contribution in [2.75, 3.05) is 6.61 Å². The van der Waals surface area contributed by atoms with Crippen molar-refractivity contribution in [2.45, 2.75) is 61.4 Å². The highest BCUT2D eigenvalue weighted by Crippen LogP contribution is 2.48. The fraction of sp³-hybridized carbons (Fsp3) is 0.387. The summed E-state index contributed by atoms with van der Waals surface area (Å²) in [5, 5.41) is 112. The average Bonchev–Trinajstić information content (AvgIpc) is 3.03. The lowest BCUT2D eigenvalue weighted by Crippen LogP contribution is -2.60. The smallest absolute Gasteiger partial charge is 0.332 e. The third kappa shape index (κ3) is 6.39. The van der Waals surface area contributed by atoms with E-state index < -0.39 is 120 Å². The van der Waals surface area contributed by atoms with E-state index in [1.165, 1.54) is 6.07 Å². The summed E-state index contributed by atoms with van der Waals surface area (Å²) in [6.07, 6.45) is -12.3. The van der Waals surface area contributed by atoms with Crippen LogP contribution in [0.25, 0.3) is 6.08 Å². The molecule has 48 heavy (non-hydrogen) atoms. The molecule has 10 unspecified atom stereocenters. The minimum atomic E-state index is -1.88. The second-order valence-corrected chi connectivity index (χ2v) is 11.5. The molecule has 0 saturated carbocycles. The molecule has 3 aliphatic rings. The molecule has 10 atom stereocenters. The van der Waals surface area contributed by atoms with Crippen molar-refractivity contribution in [3.63, 3.8) is 0 Å². The van der Waals surface area contributed by atoms with Gasteiger partial charge in [-0.1, -0.05) is 6.07 Å². The number of benzene rings is 2.